The van der Waals surface area contributed by atoms with Gasteiger partial charge in [-0.15, -0.1) is 11.8 Å². The second kappa shape index (κ2) is 18.8. The van der Waals surface area contributed by atoms with E-state index in [1.165, 1.54) is 12.0 Å². The fraction of sp³-hybridized carbons (Fsp3) is 0.561. The van der Waals surface area contributed by atoms with Crippen LogP contribution in [0.4, 0.5) is 0 Å². The van der Waals surface area contributed by atoms with Crippen molar-refractivity contribution in [2.24, 2.45) is 5.92 Å². The lowest BCUT2D eigenvalue weighted by Gasteiger charge is -2.46. The molecule has 3 aromatic rings. The second-order valence-electron chi connectivity index (χ2n) is 15.6. The third-order valence-electron chi connectivity index (χ3n) is 9.75. The first kappa shape index (κ1) is 43.1. The summed E-state index contributed by atoms with van der Waals surface area (Å²) in [6, 6.07) is 27.0. The van der Waals surface area contributed by atoms with E-state index in [1.54, 1.807) is 36.0 Å². The lowest BCUT2D eigenvalue weighted by Crippen LogP contribution is -2.68. The molecule has 288 valence electrons. The van der Waals surface area contributed by atoms with Crippen molar-refractivity contribution in [3.8, 4) is 0 Å². The smallest absolute Gasteiger partial charge is 0.299 e. The monoisotopic (exact) mass is 788 g/mol. The van der Waals surface area contributed by atoms with E-state index in [4.69, 9.17) is 17.5 Å². The van der Waals surface area contributed by atoms with Gasteiger partial charge in [0.2, 0.25) is 0 Å². The molecule has 1 heterocycles. The summed E-state index contributed by atoms with van der Waals surface area (Å²) in [4.78, 5) is -0.913. The molecule has 4 unspecified atom stereocenters. The van der Waals surface area contributed by atoms with E-state index in [0.717, 1.165) is 46.7 Å². The SMILES string of the molecule is Cc1ccc(S(=O)(=O)OC(CCCC2(C(C)(O)CCCC(C)C)OC(C)OSCCCS2)O[Si](c2ccccc2)(c2ccccc2)C(C)(C)C)cc1. The van der Waals surface area contributed by atoms with Gasteiger partial charge in [-0.3, -0.25) is 4.18 Å². The number of aryl methyl sites for hydroxylation is 1. The molecule has 0 aliphatic carbocycles. The molecular weight excluding hydrogens is 729 g/mol. The number of thioether (sulfide) groups is 1. The van der Waals surface area contributed by atoms with Crippen LogP contribution in [0.15, 0.2) is 89.8 Å². The summed E-state index contributed by atoms with van der Waals surface area (Å²) < 4.78 is 54.2. The Morgan fingerprint density at radius 3 is 2.06 bits per heavy atom. The highest BCUT2D eigenvalue weighted by molar-refractivity contribution is 8.00. The maximum atomic E-state index is 14.0. The van der Waals surface area contributed by atoms with Gasteiger partial charge in [0, 0.05) is 5.75 Å². The molecule has 0 aromatic heterocycles. The molecule has 0 spiro atoms. The predicted octanol–water partition coefficient (Wildman–Crippen LogP) is 9.21. The van der Waals surface area contributed by atoms with Gasteiger partial charge >= 0.3 is 0 Å². The summed E-state index contributed by atoms with van der Waals surface area (Å²) in [5.74, 6) is 2.15. The van der Waals surface area contributed by atoms with E-state index in [-0.39, 0.29) is 11.3 Å². The quantitative estimate of drug-likeness (QED) is 0.0661. The van der Waals surface area contributed by atoms with Crippen molar-refractivity contribution < 1.29 is 31.1 Å². The van der Waals surface area contributed by atoms with E-state index < -0.39 is 46.6 Å². The van der Waals surface area contributed by atoms with Crippen molar-refractivity contribution in [1.29, 1.82) is 0 Å². The Balaban J connectivity index is 1.77. The fourth-order valence-electron chi connectivity index (χ4n) is 6.97. The Morgan fingerprint density at radius 2 is 1.50 bits per heavy atom. The zero-order chi connectivity index (χ0) is 38.0. The largest absolute Gasteiger partial charge is 0.386 e. The minimum Gasteiger partial charge on any atom is -0.386 e. The van der Waals surface area contributed by atoms with Crippen molar-refractivity contribution in [3.63, 3.8) is 0 Å². The molecule has 1 N–H and O–H groups in total. The van der Waals surface area contributed by atoms with Crippen LogP contribution in [0.1, 0.15) is 99.0 Å². The highest BCUT2D eigenvalue weighted by Gasteiger charge is 2.53. The molecule has 3 aromatic carbocycles. The molecule has 1 fully saturated rings. The summed E-state index contributed by atoms with van der Waals surface area (Å²) in [6.07, 6.45) is 2.84. The Morgan fingerprint density at radius 1 is 0.904 bits per heavy atom. The number of hydrogen-bond donors (Lipinski definition) is 1. The second-order valence-corrected chi connectivity index (χ2v) is 23.6. The predicted molar refractivity (Wildman–Crippen MR) is 219 cm³/mol. The fourth-order valence-corrected chi connectivity index (χ4v) is 14.9. The van der Waals surface area contributed by atoms with Crippen LogP contribution in [0, 0.1) is 12.8 Å². The lowest BCUT2D eigenvalue weighted by molar-refractivity contribution is -0.194. The zero-order valence-electron chi connectivity index (χ0n) is 32.3. The highest BCUT2D eigenvalue weighted by Crippen LogP contribution is 2.47. The highest BCUT2D eigenvalue weighted by atomic mass is 32.2. The number of rotatable bonds is 16. The minimum atomic E-state index is -4.21. The maximum Gasteiger partial charge on any atom is 0.299 e. The van der Waals surface area contributed by atoms with Crippen molar-refractivity contribution in [2.75, 3.05) is 11.5 Å². The molecule has 0 amide bonds. The molecule has 4 atom stereocenters. The van der Waals surface area contributed by atoms with E-state index in [0.29, 0.717) is 25.2 Å². The maximum absolute atomic E-state index is 14.0. The summed E-state index contributed by atoms with van der Waals surface area (Å²) in [5.41, 5.74) is -0.226. The Hall–Kier alpha value is -1.67. The van der Waals surface area contributed by atoms with Crippen molar-refractivity contribution >= 4 is 52.6 Å². The molecule has 1 aliphatic rings. The standard InChI is InChI=1S/C41H60O7S3Si/c1-32(2)18-15-28-40(8,42)41(45-34(4)46-50-31-17-30-49-41)29-16-23-38(47-51(43,44)35-26-24-33(3)25-27-35)48-52(39(5,6)7,36-19-11-9-12-20-36)37-21-13-10-14-22-37/h9-14,19-22,24-27,32,34,38,42H,15-18,23,28-31H2,1-8H3. The summed E-state index contributed by atoms with van der Waals surface area (Å²) in [5, 5.41) is 13.9. The number of benzene rings is 3. The molecule has 0 radical (unpaired) electrons. The summed E-state index contributed by atoms with van der Waals surface area (Å²) >= 11 is 3.04. The van der Waals surface area contributed by atoms with E-state index in [2.05, 4.69) is 58.9 Å². The van der Waals surface area contributed by atoms with Gasteiger partial charge in [-0.2, -0.15) is 8.42 Å². The molecule has 0 saturated carbocycles. The Kier molecular flexibility index (Phi) is 15.5. The molecular formula is C41H60O7S3Si. The van der Waals surface area contributed by atoms with Gasteiger partial charge in [-0.25, -0.2) is 4.18 Å². The lowest BCUT2D eigenvalue weighted by atomic mass is 9.87. The van der Waals surface area contributed by atoms with Crippen LogP contribution in [-0.4, -0.2) is 56.5 Å². The molecule has 52 heavy (non-hydrogen) atoms. The topological polar surface area (TPSA) is 91.3 Å². The van der Waals surface area contributed by atoms with Crippen LogP contribution in [0.2, 0.25) is 5.04 Å². The molecule has 1 saturated heterocycles. The number of aliphatic hydroxyl groups is 1. The van der Waals surface area contributed by atoms with Crippen molar-refractivity contribution in [3.05, 3.63) is 90.5 Å². The Bertz CT molecular complexity index is 1570. The van der Waals surface area contributed by atoms with Gasteiger partial charge < -0.3 is 14.3 Å². The molecule has 11 heteroatoms. The number of hydrogen-bond acceptors (Lipinski definition) is 9. The summed E-state index contributed by atoms with van der Waals surface area (Å²) in [6.45, 7) is 16.6. The van der Waals surface area contributed by atoms with Gasteiger partial charge in [-0.05, 0) is 104 Å². The van der Waals surface area contributed by atoms with Crippen molar-refractivity contribution in [1.82, 2.24) is 0 Å². The summed E-state index contributed by atoms with van der Waals surface area (Å²) in [7, 11) is -7.44. The zero-order valence-corrected chi connectivity index (χ0v) is 35.7. The van der Waals surface area contributed by atoms with Gasteiger partial charge in [0.25, 0.3) is 18.4 Å². The van der Waals surface area contributed by atoms with Crippen molar-refractivity contribution in [2.45, 2.75) is 133 Å². The average molecular weight is 789 g/mol. The molecule has 7 nitrogen and oxygen atoms in total. The van der Waals surface area contributed by atoms with Crippen LogP contribution in [-0.2, 0) is 27.6 Å². The van der Waals surface area contributed by atoms with Crippen LogP contribution in [0.25, 0.3) is 0 Å². The molecule has 4 rings (SSSR count). The normalized spacial score (nSPS) is 21.2. The van der Waals surface area contributed by atoms with E-state index in [9.17, 15) is 13.5 Å². The third kappa shape index (κ3) is 11.0. The van der Waals surface area contributed by atoms with Gasteiger partial charge in [0.05, 0.1) is 4.90 Å². The van der Waals surface area contributed by atoms with Crippen LogP contribution in [0.3, 0.4) is 0 Å². The van der Waals surface area contributed by atoms with Gasteiger partial charge in [0.15, 0.2) is 12.6 Å². The first-order valence-corrected chi connectivity index (χ1v) is 23.8. The van der Waals surface area contributed by atoms with Crippen LogP contribution < -0.4 is 10.4 Å². The van der Waals surface area contributed by atoms with Gasteiger partial charge in [0.1, 0.15) is 10.5 Å². The Labute approximate surface area is 323 Å². The van der Waals surface area contributed by atoms with E-state index >= 15 is 0 Å². The van der Waals surface area contributed by atoms with Gasteiger partial charge in [-0.1, -0.05) is 126 Å². The number of ether oxygens (including phenoxy) is 1. The molecule has 1 aliphatic heterocycles. The minimum absolute atomic E-state index is 0.0809. The first-order chi connectivity index (χ1) is 24.5. The van der Waals surface area contributed by atoms with Crippen LogP contribution in [0.5, 0.6) is 0 Å². The first-order valence-electron chi connectivity index (χ1n) is 18.6. The average Bonchev–Trinajstić information content (AvgIpc) is 3.17. The molecule has 0 bridgehead atoms. The van der Waals surface area contributed by atoms with Crippen LogP contribution >= 0.6 is 23.8 Å². The third-order valence-corrected chi connectivity index (χ3v) is 18.6. The van der Waals surface area contributed by atoms with E-state index in [1.807, 2.05) is 57.2 Å².